The van der Waals surface area contributed by atoms with Crippen molar-refractivity contribution in [1.29, 1.82) is 0 Å². The van der Waals surface area contributed by atoms with Crippen molar-refractivity contribution >= 4 is 17.6 Å². The molecule has 1 N–H and O–H groups in total. The van der Waals surface area contributed by atoms with E-state index in [1.807, 2.05) is 6.92 Å². The van der Waals surface area contributed by atoms with Gasteiger partial charge in [-0.1, -0.05) is 42.5 Å². The normalized spacial score (nSPS) is 11.3. The van der Waals surface area contributed by atoms with Crippen LogP contribution in [-0.4, -0.2) is 18.5 Å². The third-order valence-electron chi connectivity index (χ3n) is 4.04. The molecule has 1 aromatic heterocycles. The molecule has 0 fully saturated rings. The highest BCUT2D eigenvalue weighted by molar-refractivity contribution is 5.98. The molecule has 0 unspecified atom stereocenters. The van der Waals surface area contributed by atoms with Gasteiger partial charge in [0.1, 0.15) is 5.75 Å². The number of esters is 1. The van der Waals surface area contributed by atoms with Gasteiger partial charge in [0.2, 0.25) is 6.10 Å². The number of hydrogen-bond donors (Lipinski definition) is 1. The molecule has 0 saturated heterocycles. The molecular weight excluding hydrogens is 372 g/mol. The summed E-state index contributed by atoms with van der Waals surface area (Å²) in [5.41, 5.74) is 0.714. The second-order valence-corrected chi connectivity index (χ2v) is 6.03. The summed E-state index contributed by atoms with van der Waals surface area (Å²) in [5, 5.41) is 14.6. The van der Waals surface area contributed by atoms with E-state index in [1.54, 1.807) is 60.7 Å². The largest absolute Gasteiger partial charge is 0.618 e. The summed E-state index contributed by atoms with van der Waals surface area (Å²) in [6.07, 6.45) is -0.0643. The second-order valence-electron chi connectivity index (χ2n) is 6.03. The minimum absolute atomic E-state index is 0.212. The number of ether oxygens (including phenoxy) is 2. The predicted octanol–water partition coefficient (Wildman–Crippen LogP) is 3.26. The first-order valence-electron chi connectivity index (χ1n) is 9.07. The Kier molecular flexibility index (Phi) is 6.42. The fraction of sp³-hybridized carbons (Fsp3) is 0.136. The Balaban J connectivity index is 1.87. The van der Waals surface area contributed by atoms with Gasteiger partial charge in [0.15, 0.2) is 6.20 Å². The lowest BCUT2D eigenvalue weighted by atomic mass is 10.1. The van der Waals surface area contributed by atoms with Gasteiger partial charge in [-0.15, -0.1) is 0 Å². The molecule has 0 spiro atoms. The molecule has 0 aliphatic rings. The highest BCUT2D eigenvalue weighted by atomic mass is 16.6. The predicted molar refractivity (Wildman–Crippen MR) is 106 cm³/mol. The third kappa shape index (κ3) is 4.90. The van der Waals surface area contributed by atoms with Gasteiger partial charge < -0.3 is 20.0 Å². The Morgan fingerprint density at radius 2 is 1.69 bits per heavy atom. The highest BCUT2D eigenvalue weighted by Gasteiger charge is 2.29. The fourth-order valence-corrected chi connectivity index (χ4v) is 2.70. The Hall–Kier alpha value is -3.87. The van der Waals surface area contributed by atoms with Crippen LogP contribution in [-0.2, 0) is 9.53 Å². The summed E-state index contributed by atoms with van der Waals surface area (Å²) in [4.78, 5) is 25.5. The molecule has 0 saturated carbocycles. The molecule has 148 valence electrons. The van der Waals surface area contributed by atoms with Crippen LogP contribution in [0, 0.1) is 5.21 Å². The van der Waals surface area contributed by atoms with Gasteiger partial charge in [0, 0.05) is 17.7 Å². The first-order valence-corrected chi connectivity index (χ1v) is 9.07. The van der Waals surface area contributed by atoms with Gasteiger partial charge in [-0.2, -0.15) is 4.73 Å². The molecule has 3 aromatic rings. The summed E-state index contributed by atoms with van der Waals surface area (Å²) in [5.74, 6) is -0.963. The number of pyridine rings is 1. The molecule has 2 aromatic carbocycles. The summed E-state index contributed by atoms with van der Waals surface area (Å²) >= 11 is 0. The Labute approximate surface area is 168 Å². The van der Waals surface area contributed by atoms with Crippen molar-refractivity contribution in [1.82, 2.24) is 0 Å². The zero-order valence-electron chi connectivity index (χ0n) is 15.8. The van der Waals surface area contributed by atoms with Gasteiger partial charge in [-0.25, -0.2) is 4.79 Å². The van der Waals surface area contributed by atoms with Crippen LogP contribution in [0.5, 0.6) is 5.75 Å². The van der Waals surface area contributed by atoms with Crippen LogP contribution >= 0.6 is 0 Å². The maximum absolute atomic E-state index is 13.0. The van der Waals surface area contributed by atoms with E-state index in [9.17, 15) is 14.8 Å². The Bertz CT molecular complexity index is 991. The zero-order valence-corrected chi connectivity index (χ0v) is 15.8. The molecule has 7 nitrogen and oxygen atoms in total. The first-order chi connectivity index (χ1) is 14.1. The topological polar surface area (TPSA) is 91.6 Å². The lowest BCUT2D eigenvalue weighted by molar-refractivity contribution is -0.608. The van der Waals surface area contributed by atoms with E-state index in [0.29, 0.717) is 28.3 Å². The lowest BCUT2D eigenvalue weighted by Gasteiger charge is -2.19. The third-order valence-corrected chi connectivity index (χ3v) is 4.04. The number of nitrogens with zero attached hydrogens (tertiary/aromatic N) is 1. The van der Waals surface area contributed by atoms with Crippen molar-refractivity contribution in [3.63, 3.8) is 0 Å². The summed E-state index contributed by atoms with van der Waals surface area (Å²) in [6.45, 7) is 2.27. The average molecular weight is 392 g/mol. The molecular formula is C22H20N2O5. The number of nitrogens with one attached hydrogen (secondary N) is 1. The van der Waals surface area contributed by atoms with Gasteiger partial charge >= 0.3 is 11.7 Å². The van der Waals surface area contributed by atoms with Crippen molar-refractivity contribution in [3.8, 4) is 5.75 Å². The fourth-order valence-electron chi connectivity index (χ4n) is 2.70. The SMILES string of the molecule is CCOc1ccccc1NC(=O)[C@@H](OC(=O)c1cccc[n+]1[O-])c1ccccc1. The van der Waals surface area contributed by atoms with Crippen LogP contribution in [0.25, 0.3) is 0 Å². The number of benzene rings is 2. The second kappa shape index (κ2) is 9.36. The summed E-state index contributed by atoms with van der Waals surface area (Å²) < 4.78 is 11.3. The smallest absolute Gasteiger partial charge is 0.406 e. The number of amides is 1. The number of carbonyl (C=O) groups excluding carboxylic acids is 2. The van der Waals surface area contributed by atoms with Crippen LogP contribution in [0.4, 0.5) is 5.69 Å². The van der Waals surface area contributed by atoms with Crippen LogP contribution in [0.2, 0.25) is 0 Å². The van der Waals surface area contributed by atoms with Crippen LogP contribution in [0.1, 0.15) is 29.1 Å². The molecule has 0 bridgehead atoms. The average Bonchev–Trinajstić information content (AvgIpc) is 2.74. The zero-order chi connectivity index (χ0) is 20.6. The standard InChI is InChI=1S/C22H20N2O5/c1-2-28-19-14-7-6-12-17(19)23-21(25)20(16-10-4-3-5-11-16)29-22(26)18-13-8-9-15-24(18)27/h3-15,20H,2H2,1H3,(H,23,25)/t20-/m0/s1. The summed E-state index contributed by atoms with van der Waals surface area (Å²) in [6, 6.07) is 19.9. The molecule has 0 aliphatic carbocycles. The first kappa shape index (κ1) is 19.9. The molecule has 0 aliphatic heterocycles. The number of carbonyl (C=O) groups is 2. The Morgan fingerprint density at radius 1 is 1.00 bits per heavy atom. The highest BCUT2D eigenvalue weighted by Crippen LogP contribution is 2.27. The van der Waals surface area contributed by atoms with Gasteiger partial charge in [0.05, 0.1) is 12.3 Å². The van der Waals surface area contributed by atoms with Gasteiger partial charge in [-0.3, -0.25) is 4.79 Å². The van der Waals surface area contributed by atoms with E-state index in [-0.39, 0.29) is 5.69 Å². The number of anilines is 1. The quantitative estimate of drug-likeness (QED) is 0.379. The minimum atomic E-state index is -1.25. The van der Waals surface area contributed by atoms with Crippen LogP contribution in [0.15, 0.2) is 79.0 Å². The van der Waals surface area contributed by atoms with Crippen molar-refractivity contribution < 1.29 is 23.8 Å². The number of aromatic nitrogens is 1. The maximum atomic E-state index is 13.0. The number of hydrogen-bond acceptors (Lipinski definition) is 5. The lowest BCUT2D eigenvalue weighted by Crippen LogP contribution is -2.36. The minimum Gasteiger partial charge on any atom is -0.618 e. The van der Waals surface area contributed by atoms with Gasteiger partial charge in [0.25, 0.3) is 5.91 Å². The molecule has 1 atom stereocenters. The van der Waals surface area contributed by atoms with E-state index in [2.05, 4.69) is 5.32 Å². The summed E-state index contributed by atoms with van der Waals surface area (Å²) in [7, 11) is 0. The van der Waals surface area contributed by atoms with Crippen molar-refractivity contribution in [2.75, 3.05) is 11.9 Å². The van der Waals surface area contributed by atoms with Crippen molar-refractivity contribution in [2.45, 2.75) is 13.0 Å². The molecule has 1 heterocycles. The Morgan fingerprint density at radius 3 is 2.41 bits per heavy atom. The molecule has 3 rings (SSSR count). The molecule has 0 radical (unpaired) electrons. The van der Waals surface area contributed by atoms with Crippen molar-refractivity contribution in [2.24, 2.45) is 0 Å². The molecule has 29 heavy (non-hydrogen) atoms. The maximum Gasteiger partial charge on any atom is 0.406 e. The number of rotatable bonds is 7. The van der Waals surface area contributed by atoms with E-state index in [0.717, 1.165) is 0 Å². The van der Waals surface area contributed by atoms with Crippen LogP contribution < -0.4 is 14.8 Å². The van der Waals surface area contributed by atoms with E-state index in [1.165, 1.54) is 18.3 Å². The van der Waals surface area contributed by atoms with Gasteiger partial charge in [-0.05, 0) is 25.1 Å². The van der Waals surface area contributed by atoms with E-state index in [4.69, 9.17) is 9.47 Å². The van der Waals surface area contributed by atoms with E-state index >= 15 is 0 Å². The molecule has 7 heteroatoms. The van der Waals surface area contributed by atoms with Crippen molar-refractivity contribution in [3.05, 3.63) is 95.5 Å². The number of para-hydroxylation sites is 2. The van der Waals surface area contributed by atoms with E-state index < -0.39 is 18.0 Å². The monoisotopic (exact) mass is 392 g/mol. The molecule has 1 amide bonds. The van der Waals surface area contributed by atoms with Crippen LogP contribution in [0.3, 0.4) is 0 Å².